The molecular weight excluding hydrogens is 188 g/mol. The van der Waals surface area contributed by atoms with Crippen LogP contribution in [0.1, 0.15) is 33.6 Å². The van der Waals surface area contributed by atoms with Crippen LogP contribution >= 0.6 is 0 Å². The lowest BCUT2D eigenvalue weighted by Gasteiger charge is -2.36. The van der Waals surface area contributed by atoms with Crippen molar-refractivity contribution in [3.8, 4) is 0 Å². The summed E-state index contributed by atoms with van der Waals surface area (Å²) in [6.07, 6.45) is 2.44. The number of aliphatic hydroxyl groups is 1. The summed E-state index contributed by atoms with van der Waals surface area (Å²) in [5.41, 5.74) is 0.408. The molecule has 1 fully saturated rings. The fraction of sp³-hybridized carbons (Fsp3) is 1.00. The molecule has 0 bridgehead atoms. The van der Waals surface area contributed by atoms with Crippen LogP contribution in [0.25, 0.3) is 0 Å². The van der Waals surface area contributed by atoms with E-state index >= 15 is 0 Å². The van der Waals surface area contributed by atoms with Crippen molar-refractivity contribution in [1.82, 2.24) is 10.2 Å². The standard InChI is InChI=1S/C12H26N2O/c1-12(2,3)10-14-7-4-11(5-8-14)13-6-9-15/h11,13,15H,4-10H2,1-3H3. The van der Waals surface area contributed by atoms with E-state index in [0.717, 1.165) is 6.54 Å². The highest BCUT2D eigenvalue weighted by Gasteiger charge is 2.22. The van der Waals surface area contributed by atoms with E-state index in [9.17, 15) is 0 Å². The van der Waals surface area contributed by atoms with E-state index in [2.05, 4.69) is 31.0 Å². The lowest BCUT2D eigenvalue weighted by molar-refractivity contribution is 0.144. The summed E-state index contributed by atoms with van der Waals surface area (Å²) < 4.78 is 0. The van der Waals surface area contributed by atoms with Gasteiger partial charge in [-0.25, -0.2) is 0 Å². The maximum Gasteiger partial charge on any atom is 0.0556 e. The lowest BCUT2D eigenvalue weighted by atomic mass is 9.94. The first-order valence-electron chi connectivity index (χ1n) is 6.08. The molecule has 15 heavy (non-hydrogen) atoms. The van der Waals surface area contributed by atoms with Crippen LogP contribution in [-0.2, 0) is 0 Å². The van der Waals surface area contributed by atoms with Gasteiger partial charge in [0.1, 0.15) is 0 Å². The number of nitrogens with zero attached hydrogens (tertiary/aromatic N) is 1. The van der Waals surface area contributed by atoms with E-state index in [-0.39, 0.29) is 6.61 Å². The summed E-state index contributed by atoms with van der Waals surface area (Å²) in [5, 5.41) is 12.1. The van der Waals surface area contributed by atoms with Gasteiger partial charge in [-0.3, -0.25) is 0 Å². The molecule has 0 aromatic heterocycles. The summed E-state index contributed by atoms with van der Waals surface area (Å²) in [7, 11) is 0. The van der Waals surface area contributed by atoms with E-state index in [1.165, 1.54) is 32.5 Å². The van der Waals surface area contributed by atoms with E-state index in [0.29, 0.717) is 11.5 Å². The van der Waals surface area contributed by atoms with E-state index in [1.54, 1.807) is 0 Å². The second kappa shape index (κ2) is 5.83. The molecule has 2 N–H and O–H groups in total. The van der Waals surface area contributed by atoms with Crippen molar-refractivity contribution in [2.75, 3.05) is 32.8 Å². The van der Waals surface area contributed by atoms with Gasteiger partial charge in [0, 0.05) is 19.1 Å². The van der Waals surface area contributed by atoms with E-state index < -0.39 is 0 Å². The molecular formula is C12H26N2O. The van der Waals surface area contributed by atoms with Crippen LogP contribution in [0.15, 0.2) is 0 Å². The van der Waals surface area contributed by atoms with Crippen molar-refractivity contribution >= 4 is 0 Å². The molecule has 1 aliphatic rings. The van der Waals surface area contributed by atoms with E-state index in [4.69, 9.17) is 5.11 Å². The van der Waals surface area contributed by atoms with Crippen LogP contribution in [0.2, 0.25) is 0 Å². The van der Waals surface area contributed by atoms with Crippen LogP contribution in [0.5, 0.6) is 0 Å². The molecule has 3 heteroatoms. The highest BCUT2D eigenvalue weighted by atomic mass is 16.3. The molecule has 1 rings (SSSR count). The SMILES string of the molecule is CC(C)(C)CN1CCC(NCCO)CC1. The Kier molecular flexibility index (Phi) is 5.03. The Hall–Kier alpha value is -0.120. The molecule has 1 heterocycles. The highest BCUT2D eigenvalue weighted by Crippen LogP contribution is 2.18. The number of hydrogen-bond acceptors (Lipinski definition) is 3. The van der Waals surface area contributed by atoms with E-state index in [1.807, 2.05) is 0 Å². The molecule has 0 unspecified atom stereocenters. The molecule has 1 aliphatic heterocycles. The largest absolute Gasteiger partial charge is 0.395 e. The van der Waals surface area contributed by atoms with Crippen molar-refractivity contribution in [3.63, 3.8) is 0 Å². The molecule has 0 atom stereocenters. The molecule has 3 nitrogen and oxygen atoms in total. The first-order valence-corrected chi connectivity index (χ1v) is 6.08. The maximum atomic E-state index is 8.73. The molecule has 0 spiro atoms. The third kappa shape index (κ3) is 5.50. The van der Waals surface area contributed by atoms with Crippen molar-refractivity contribution in [1.29, 1.82) is 0 Å². The third-order valence-corrected chi connectivity index (χ3v) is 2.83. The first-order chi connectivity index (χ1) is 7.01. The minimum atomic E-state index is 0.252. The molecule has 0 aromatic carbocycles. The minimum Gasteiger partial charge on any atom is -0.395 e. The van der Waals surface area contributed by atoms with Crippen LogP contribution in [-0.4, -0.2) is 48.8 Å². The highest BCUT2D eigenvalue weighted by molar-refractivity contribution is 4.79. The van der Waals surface area contributed by atoms with Gasteiger partial charge in [0.25, 0.3) is 0 Å². The van der Waals surface area contributed by atoms with Gasteiger partial charge >= 0.3 is 0 Å². The number of piperidine rings is 1. The molecule has 90 valence electrons. The molecule has 0 aliphatic carbocycles. The number of aliphatic hydroxyl groups excluding tert-OH is 1. The molecule has 0 radical (unpaired) electrons. The van der Waals surface area contributed by atoms with Gasteiger partial charge < -0.3 is 15.3 Å². The number of hydrogen-bond donors (Lipinski definition) is 2. The average Bonchev–Trinajstić information content (AvgIpc) is 2.14. The quantitative estimate of drug-likeness (QED) is 0.735. The smallest absolute Gasteiger partial charge is 0.0556 e. The van der Waals surface area contributed by atoms with Crippen molar-refractivity contribution in [2.45, 2.75) is 39.7 Å². The van der Waals surface area contributed by atoms with Gasteiger partial charge in [0.15, 0.2) is 0 Å². The average molecular weight is 214 g/mol. The summed E-state index contributed by atoms with van der Waals surface area (Å²) >= 11 is 0. The third-order valence-electron chi connectivity index (χ3n) is 2.83. The summed E-state index contributed by atoms with van der Waals surface area (Å²) in [4.78, 5) is 2.55. The number of nitrogens with one attached hydrogen (secondary N) is 1. The zero-order chi connectivity index (χ0) is 11.3. The Morgan fingerprint density at radius 3 is 2.33 bits per heavy atom. The predicted molar refractivity (Wildman–Crippen MR) is 64.0 cm³/mol. The van der Waals surface area contributed by atoms with Gasteiger partial charge in [-0.15, -0.1) is 0 Å². The summed E-state index contributed by atoms with van der Waals surface area (Å²) in [6.45, 7) is 11.5. The van der Waals surface area contributed by atoms with Crippen LogP contribution in [0, 0.1) is 5.41 Å². The molecule has 0 aromatic rings. The van der Waals surface area contributed by atoms with Gasteiger partial charge in [0.05, 0.1) is 6.61 Å². The predicted octanol–water partition coefficient (Wildman–Crippen LogP) is 1.08. The second-order valence-electron chi connectivity index (χ2n) is 5.79. The topological polar surface area (TPSA) is 35.5 Å². The first kappa shape index (κ1) is 12.9. The van der Waals surface area contributed by atoms with Gasteiger partial charge in [-0.1, -0.05) is 20.8 Å². The Morgan fingerprint density at radius 2 is 1.87 bits per heavy atom. The van der Waals surface area contributed by atoms with Crippen LogP contribution < -0.4 is 5.32 Å². The van der Waals surface area contributed by atoms with Crippen molar-refractivity contribution < 1.29 is 5.11 Å². The Bertz CT molecular complexity index is 169. The fourth-order valence-electron chi connectivity index (χ4n) is 2.23. The van der Waals surface area contributed by atoms with Gasteiger partial charge in [-0.2, -0.15) is 0 Å². The maximum absolute atomic E-state index is 8.73. The molecule has 0 amide bonds. The second-order valence-corrected chi connectivity index (χ2v) is 5.79. The number of likely N-dealkylation sites (tertiary alicyclic amines) is 1. The summed E-state index contributed by atoms with van der Waals surface area (Å²) in [5.74, 6) is 0. The fourth-order valence-corrected chi connectivity index (χ4v) is 2.23. The lowest BCUT2D eigenvalue weighted by Crippen LogP contribution is -2.45. The van der Waals surface area contributed by atoms with Crippen molar-refractivity contribution in [2.24, 2.45) is 5.41 Å². The van der Waals surface area contributed by atoms with Crippen molar-refractivity contribution in [3.05, 3.63) is 0 Å². The summed E-state index contributed by atoms with van der Waals surface area (Å²) in [6, 6.07) is 0.619. The molecule has 1 saturated heterocycles. The normalized spacial score (nSPS) is 20.8. The minimum absolute atomic E-state index is 0.252. The zero-order valence-electron chi connectivity index (χ0n) is 10.4. The Morgan fingerprint density at radius 1 is 1.27 bits per heavy atom. The monoisotopic (exact) mass is 214 g/mol. The van der Waals surface area contributed by atoms with Gasteiger partial charge in [0.2, 0.25) is 0 Å². The zero-order valence-corrected chi connectivity index (χ0v) is 10.4. The Balaban J connectivity index is 2.18. The van der Waals surface area contributed by atoms with Gasteiger partial charge in [-0.05, 0) is 31.3 Å². The number of rotatable bonds is 4. The Labute approximate surface area is 93.9 Å². The van der Waals surface area contributed by atoms with Crippen LogP contribution in [0.3, 0.4) is 0 Å². The molecule has 0 saturated carbocycles. The van der Waals surface area contributed by atoms with Crippen LogP contribution in [0.4, 0.5) is 0 Å².